The first-order valence-corrected chi connectivity index (χ1v) is 7.85. The molecular formula is C10H12INO3S. The molecule has 1 fully saturated rings. The zero-order chi connectivity index (χ0) is 11.8. The van der Waals surface area contributed by atoms with Gasteiger partial charge in [-0.3, -0.25) is 4.72 Å². The molecule has 0 amide bonds. The van der Waals surface area contributed by atoms with E-state index in [1.54, 1.807) is 12.1 Å². The van der Waals surface area contributed by atoms with Crippen LogP contribution in [0.2, 0.25) is 0 Å². The van der Waals surface area contributed by atoms with Gasteiger partial charge in [-0.15, -0.1) is 0 Å². The van der Waals surface area contributed by atoms with Gasteiger partial charge in [0.25, 0.3) is 0 Å². The maximum Gasteiger partial charge on any atom is 0.229 e. The number of anilines is 1. The molecule has 0 radical (unpaired) electrons. The summed E-state index contributed by atoms with van der Waals surface area (Å²) in [6.45, 7) is 0. The summed E-state index contributed by atoms with van der Waals surface area (Å²) >= 11 is 2.09. The number of nitrogens with one attached hydrogen (secondary N) is 1. The molecule has 0 heterocycles. The van der Waals surface area contributed by atoms with Gasteiger partial charge in [0.05, 0.1) is 18.0 Å². The topological polar surface area (TPSA) is 55.4 Å². The smallest absolute Gasteiger partial charge is 0.229 e. The van der Waals surface area contributed by atoms with Gasteiger partial charge < -0.3 is 4.74 Å². The zero-order valence-electron chi connectivity index (χ0n) is 8.73. The lowest BCUT2D eigenvalue weighted by molar-refractivity contribution is 0.303. The maximum atomic E-state index is 11.1. The third-order valence-electron chi connectivity index (χ3n) is 2.06. The third kappa shape index (κ3) is 3.51. The van der Waals surface area contributed by atoms with Crippen LogP contribution in [0.5, 0.6) is 5.75 Å². The monoisotopic (exact) mass is 353 g/mol. The minimum absolute atomic E-state index is 0.351. The van der Waals surface area contributed by atoms with E-state index >= 15 is 0 Å². The molecule has 0 atom stereocenters. The van der Waals surface area contributed by atoms with Gasteiger partial charge >= 0.3 is 0 Å². The summed E-state index contributed by atoms with van der Waals surface area (Å²) in [5, 5.41) is 0. The minimum Gasteiger partial charge on any atom is -0.490 e. The Hall–Kier alpha value is -0.500. The summed E-state index contributed by atoms with van der Waals surface area (Å²) in [6, 6.07) is 5.35. The van der Waals surface area contributed by atoms with Crippen LogP contribution in [0.4, 0.5) is 5.69 Å². The van der Waals surface area contributed by atoms with Crippen molar-refractivity contribution in [3.8, 4) is 5.75 Å². The highest BCUT2D eigenvalue weighted by Crippen LogP contribution is 2.30. The summed E-state index contributed by atoms with van der Waals surface area (Å²) < 4.78 is 31.1. The lowest BCUT2D eigenvalue weighted by atomic mass is 10.3. The second-order valence-electron chi connectivity index (χ2n) is 3.83. The molecule has 1 aromatic carbocycles. The van der Waals surface area contributed by atoms with Gasteiger partial charge in [0.1, 0.15) is 5.75 Å². The van der Waals surface area contributed by atoms with E-state index in [-0.39, 0.29) is 0 Å². The Labute approximate surface area is 109 Å². The number of benzene rings is 1. The molecule has 6 heteroatoms. The highest BCUT2D eigenvalue weighted by Gasteiger charge is 2.23. The van der Waals surface area contributed by atoms with Crippen molar-refractivity contribution in [2.75, 3.05) is 11.0 Å². The molecule has 16 heavy (non-hydrogen) atoms. The molecule has 0 aromatic heterocycles. The van der Waals surface area contributed by atoms with Crippen molar-refractivity contribution < 1.29 is 13.2 Å². The second-order valence-corrected chi connectivity index (χ2v) is 6.74. The summed E-state index contributed by atoms with van der Waals surface area (Å²) in [5.74, 6) is 0.797. The van der Waals surface area contributed by atoms with Crippen LogP contribution in [0, 0.1) is 3.57 Å². The van der Waals surface area contributed by atoms with E-state index in [2.05, 4.69) is 27.3 Å². The molecule has 1 saturated carbocycles. The molecule has 0 aliphatic heterocycles. The minimum atomic E-state index is -3.22. The number of sulfonamides is 1. The zero-order valence-corrected chi connectivity index (χ0v) is 11.7. The molecule has 1 N–H and O–H groups in total. The fraction of sp³-hybridized carbons (Fsp3) is 0.400. The number of rotatable bonds is 4. The molecule has 1 aliphatic rings. The summed E-state index contributed by atoms with van der Waals surface area (Å²) in [4.78, 5) is 0. The van der Waals surface area contributed by atoms with Crippen molar-refractivity contribution in [2.24, 2.45) is 0 Å². The Morgan fingerprint density at radius 2 is 2.12 bits per heavy atom. The molecule has 88 valence electrons. The molecule has 0 bridgehead atoms. The van der Waals surface area contributed by atoms with Gasteiger partial charge in [-0.2, -0.15) is 0 Å². The Morgan fingerprint density at radius 1 is 1.44 bits per heavy atom. The third-order valence-corrected chi connectivity index (χ3v) is 3.55. The van der Waals surface area contributed by atoms with Crippen molar-refractivity contribution in [1.29, 1.82) is 0 Å². The summed E-state index contributed by atoms with van der Waals surface area (Å²) in [6.07, 6.45) is 3.71. The highest BCUT2D eigenvalue weighted by atomic mass is 127. The van der Waals surface area contributed by atoms with Gasteiger partial charge in [-0.1, -0.05) is 0 Å². The van der Waals surface area contributed by atoms with E-state index in [9.17, 15) is 8.42 Å². The van der Waals surface area contributed by atoms with E-state index in [1.165, 1.54) is 0 Å². The van der Waals surface area contributed by atoms with Gasteiger partial charge in [-0.25, -0.2) is 8.42 Å². The fourth-order valence-electron chi connectivity index (χ4n) is 1.23. The van der Waals surface area contributed by atoms with E-state index in [4.69, 9.17) is 4.74 Å². The molecule has 0 saturated heterocycles. The number of hydrogen-bond donors (Lipinski definition) is 1. The molecular weight excluding hydrogens is 341 g/mol. The van der Waals surface area contributed by atoms with Crippen molar-refractivity contribution in [2.45, 2.75) is 18.9 Å². The van der Waals surface area contributed by atoms with E-state index in [0.717, 1.165) is 28.4 Å². The van der Waals surface area contributed by atoms with Crippen LogP contribution in [0.25, 0.3) is 0 Å². The lowest BCUT2D eigenvalue weighted by Crippen LogP contribution is -2.10. The normalized spacial score (nSPS) is 15.9. The predicted octanol–water partition coefficient (Wildman–Crippen LogP) is 2.20. The molecule has 2 rings (SSSR count). The number of ether oxygens (including phenoxy) is 1. The first-order chi connectivity index (χ1) is 7.44. The summed E-state index contributed by atoms with van der Waals surface area (Å²) in [7, 11) is -3.22. The van der Waals surface area contributed by atoms with Crippen LogP contribution >= 0.6 is 22.6 Å². The number of hydrogen-bond acceptors (Lipinski definition) is 3. The van der Waals surface area contributed by atoms with Gasteiger partial charge in [0.15, 0.2) is 0 Å². The maximum absolute atomic E-state index is 11.1. The highest BCUT2D eigenvalue weighted by molar-refractivity contribution is 14.1. The molecule has 1 aromatic rings. The van der Waals surface area contributed by atoms with Gasteiger partial charge in [0, 0.05) is 3.57 Å². The SMILES string of the molecule is CS(=O)(=O)Nc1ccc(OC2CC2)cc1I. The number of halogens is 1. The van der Waals surface area contributed by atoms with E-state index in [0.29, 0.717) is 11.8 Å². The lowest BCUT2D eigenvalue weighted by Gasteiger charge is -2.09. The summed E-state index contributed by atoms with van der Waals surface area (Å²) in [5.41, 5.74) is 0.589. The van der Waals surface area contributed by atoms with Crippen molar-refractivity contribution in [1.82, 2.24) is 0 Å². The van der Waals surface area contributed by atoms with Crippen molar-refractivity contribution in [3.63, 3.8) is 0 Å². The average Bonchev–Trinajstić information content (AvgIpc) is 2.92. The van der Waals surface area contributed by atoms with E-state index < -0.39 is 10.0 Å². The van der Waals surface area contributed by atoms with Crippen molar-refractivity contribution in [3.05, 3.63) is 21.8 Å². The Morgan fingerprint density at radius 3 is 2.62 bits per heavy atom. The van der Waals surface area contributed by atoms with Crippen LogP contribution < -0.4 is 9.46 Å². The standard InChI is InChI=1S/C10H12INO3S/c1-16(13,14)12-10-5-4-8(6-9(10)11)15-7-2-3-7/h4-7,12H,2-3H2,1H3. The fourth-order valence-corrected chi connectivity index (χ4v) is 2.61. The van der Waals surface area contributed by atoms with Crippen LogP contribution in [0.15, 0.2) is 18.2 Å². The molecule has 4 nitrogen and oxygen atoms in total. The average molecular weight is 353 g/mol. The van der Waals surface area contributed by atoms with Crippen LogP contribution in [-0.2, 0) is 10.0 Å². The van der Waals surface area contributed by atoms with Crippen molar-refractivity contribution >= 4 is 38.3 Å². The Balaban J connectivity index is 2.15. The van der Waals surface area contributed by atoms with Crippen LogP contribution in [-0.4, -0.2) is 20.8 Å². The molecule has 0 unspecified atom stereocenters. The first-order valence-electron chi connectivity index (χ1n) is 4.88. The van der Waals surface area contributed by atoms with Gasteiger partial charge in [-0.05, 0) is 53.6 Å². The Kier molecular flexibility index (Phi) is 3.29. The second kappa shape index (κ2) is 4.40. The van der Waals surface area contributed by atoms with E-state index in [1.807, 2.05) is 6.07 Å². The largest absolute Gasteiger partial charge is 0.490 e. The predicted molar refractivity (Wildman–Crippen MR) is 71.3 cm³/mol. The first kappa shape index (κ1) is 12.0. The van der Waals surface area contributed by atoms with Crippen LogP contribution in [0.1, 0.15) is 12.8 Å². The quantitative estimate of drug-likeness (QED) is 0.845. The molecule has 1 aliphatic carbocycles. The Bertz CT molecular complexity index is 497. The van der Waals surface area contributed by atoms with Crippen LogP contribution in [0.3, 0.4) is 0 Å². The molecule has 0 spiro atoms. The van der Waals surface area contributed by atoms with Gasteiger partial charge in [0.2, 0.25) is 10.0 Å².